The van der Waals surface area contributed by atoms with Gasteiger partial charge >= 0.3 is 0 Å². The van der Waals surface area contributed by atoms with E-state index in [1.54, 1.807) is 0 Å². The molecule has 0 aliphatic carbocycles. The summed E-state index contributed by atoms with van der Waals surface area (Å²) >= 11 is 0. The number of rotatable bonds is 7. The molecule has 1 aromatic heterocycles. The molecular formula is C14H24N2O2. The highest BCUT2D eigenvalue weighted by atomic mass is 16.5. The maximum absolute atomic E-state index is 5.77. The minimum atomic E-state index is 0.196. The fourth-order valence-electron chi connectivity index (χ4n) is 2.26. The summed E-state index contributed by atoms with van der Waals surface area (Å²) in [6, 6.07) is 0.196. The van der Waals surface area contributed by atoms with Crippen LogP contribution in [0.3, 0.4) is 0 Å². The van der Waals surface area contributed by atoms with Crippen LogP contribution in [-0.2, 0) is 11.2 Å². The number of nitrogens with one attached hydrogen (secondary N) is 1. The molecule has 0 saturated carbocycles. The van der Waals surface area contributed by atoms with Crippen molar-refractivity contribution >= 4 is 0 Å². The second-order valence-electron chi connectivity index (χ2n) is 5.01. The first-order chi connectivity index (χ1) is 8.79. The van der Waals surface area contributed by atoms with E-state index in [9.17, 15) is 0 Å². The molecule has 1 saturated heterocycles. The topological polar surface area (TPSA) is 47.3 Å². The van der Waals surface area contributed by atoms with Crippen molar-refractivity contribution in [1.82, 2.24) is 10.3 Å². The first-order valence-corrected chi connectivity index (χ1v) is 7.09. The predicted molar refractivity (Wildman–Crippen MR) is 70.5 cm³/mol. The second-order valence-corrected chi connectivity index (χ2v) is 5.01. The van der Waals surface area contributed by atoms with Gasteiger partial charge in [0, 0.05) is 13.0 Å². The van der Waals surface area contributed by atoms with Crippen LogP contribution >= 0.6 is 0 Å². The molecule has 2 unspecified atom stereocenters. The summed E-state index contributed by atoms with van der Waals surface area (Å²) < 4.78 is 11.4. The molecule has 4 heteroatoms. The van der Waals surface area contributed by atoms with Gasteiger partial charge in [0.15, 0.2) is 0 Å². The van der Waals surface area contributed by atoms with E-state index >= 15 is 0 Å². The molecule has 1 fully saturated rings. The van der Waals surface area contributed by atoms with Crippen molar-refractivity contribution < 1.29 is 9.15 Å². The molecule has 0 aromatic carbocycles. The van der Waals surface area contributed by atoms with Gasteiger partial charge in [0.1, 0.15) is 5.76 Å². The third-order valence-corrected chi connectivity index (χ3v) is 3.38. The van der Waals surface area contributed by atoms with Gasteiger partial charge in [0.05, 0.1) is 18.3 Å². The molecule has 2 heterocycles. The Morgan fingerprint density at radius 3 is 3.17 bits per heavy atom. The molecule has 0 amide bonds. The second kappa shape index (κ2) is 6.90. The number of oxazole rings is 1. The van der Waals surface area contributed by atoms with E-state index in [1.165, 1.54) is 12.8 Å². The summed E-state index contributed by atoms with van der Waals surface area (Å²) in [5.74, 6) is 1.77. The number of ether oxygens (including phenoxy) is 1. The van der Waals surface area contributed by atoms with Gasteiger partial charge in [-0.3, -0.25) is 0 Å². The van der Waals surface area contributed by atoms with E-state index in [-0.39, 0.29) is 6.04 Å². The number of hydrogen-bond donors (Lipinski definition) is 1. The average molecular weight is 252 g/mol. The van der Waals surface area contributed by atoms with E-state index in [0.717, 1.165) is 44.1 Å². The van der Waals surface area contributed by atoms with Crippen LogP contribution in [0.4, 0.5) is 0 Å². The number of hydrogen-bond acceptors (Lipinski definition) is 4. The van der Waals surface area contributed by atoms with Crippen LogP contribution in [0.25, 0.3) is 0 Å². The van der Waals surface area contributed by atoms with E-state index in [1.807, 2.05) is 6.20 Å². The summed E-state index contributed by atoms with van der Waals surface area (Å²) in [6.45, 7) is 6.16. The van der Waals surface area contributed by atoms with Crippen molar-refractivity contribution in [3.05, 3.63) is 17.8 Å². The van der Waals surface area contributed by atoms with Crippen molar-refractivity contribution in [2.75, 3.05) is 13.2 Å². The Morgan fingerprint density at radius 1 is 1.56 bits per heavy atom. The Labute approximate surface area is 109 Å². The van der Waals surface area contributed by atoms with Crippen molar-refractivity contribution in [2.24, 2.45) is 0 Å². The lowest BCUT2D eigenvalue weighted by molar-refractivity contribution is 0.103. The third-order valence-electron chi connectivity index (χ3n) is 3.38. The number of nitrogens with zero attached hydrogens (tertiary/aromatic N) is 1. The van der Waals surface area contributed by atoms with Crippen LogP contribution in [-0.4, -0.2) is 24.2 Å². The lowest BCUT2D eigenvalue weighted by atomic mass is 10.1. The Kier molecular flexibility index (Phi) is 5.20. The van der Waals surface area contributed by atoms with E-state index in [4.69, 9.17) is 9.15 Å². The van der Waals surface area contributed by atoms with Gasteiger partial charge in [-0.2, -0.15) is 0 Å². The minimum Gasteiger partial charge on any atom is -0.444 e. The molecule has 2 rings (SSSR count). The summed E-state index contributed by atoms with van der Waals surface area (Å²) in [5.41, 5.74) is 0. The summed E-state index contributed by atoms with van der Waals surface area (Å²) in [6.07, 6.45) is 7.77. The van der Waals surface area contributed by atoms with Crippen molar-refractivity contribution in [1.29, 1.82) is 0 Å². The van der Waals surface area contributed by atoms with Crippen LogP contribution in [0.2, 0.25) is 0 Å². The van der Waals surface area contributed by atoms with Crippen LogP contribution in [0, 0.1) is 0 Å². The molecule has 2 atom stereocenters. The van der Waals surface area contributed by atoms with Crippen molar-refractivity contribution in [2.45, 2.75) is 58.1 Å². The minimum absolute atomic E-state index is 0.196. The first kappa shape index (κ1) is 13.6. The lowest BCUT2D eigenvalue weighted by Crippen LogP contribution is -2.19. The largest absolute Gasteiger partial charge is 0.444 e. The SMILES string of the molecule is CCCNC(C)c1ncc(CCC2CCCO2)o1. The summed E-state index contributed by atoms with van der Waals surface area (Å²) in [7, 11) is 0. The highest BCUT2D eigenvalue weighted by Crippen LogP contribution is 2.19. The monoisotopic (exact) mass is 252 g/mol. The first-order valence-electron chi connectivity index (χ1n) is 7.09. The molecule has 0 bridgehead atoms. The van der Waals surface area contributed by atoms with Crippen molar-refractivity contribution in [3.63, 3.8) is 0 Å². The molecule has 1 aliphatic rings. The Hall–Kier alpha value is -0.870. The van der Waals surface area contributed by atoms with Gasteiger partial charge in [0.2, 0.25) is 5.89 Å². The van der Waals surface area contributed by atoms with Crippen LogP contribution < -0.4 is 5.32 Å². The lowest BCUT2D eigenvalue weighted by Gasteiger charge is -2.09. The normalized spacial score (nSPS) is 21.3. The van der Waals surface area contributed by atoms with Gasteiger partial charge < -0.3 is 14.5 Å². The smallest absolute Gasteiger partial charge is 0.211 e. The molecular weight excluding hydrogens is 228 g/mol. The number of aromatic nitrogens is 1. The molecule has 1 aliphatic heterocycles. The average Bonchev–Trinajstić information content (AvgIpc) is 3.04. The summed E-state index contributed by atoms with van der Waals surface area (Å²) in [5, 5.41) is 3.38. The standard InChI is InChI=1S/C14H24N2O2/c1-3-8-15-11(2)14-16-10-13(18-14)7-6-12-5-4-9-17-12/h10-12,15H,3-9H2,1-2H3. The van der Waals surface area contributed by atoms with E-state index < -0.39 is 0 Å². The molecule has 4 nitrogen and oxygen atoms in total. The van der Waals surface area contributed by atoms with E-state index in [2.05, 4.69) is 24.1 Å². The van der Waals surface area contributed by atoms with Crippen LogP contribution in [0.5, 0.6) is 0 Å². The van der Waals surface area contributed by atoms with Crippen molar-refractivity contribution in [3.8, 4) is 0 Å². The van der Waals surface area contributed by atoms with Crippen LogP contribution in [0.1, 0.15) is 57.2 Å². The zero-order chi connectivity index (χ0) is 12.8. The zero-order valence-electron chi connectivity index (χ0n) is 11.4. The van der Waals surface area contributed by atoms with Gasteiger partial charge in [-0.25, -0.2) is 4.98 Å². The summed E-state index contributed by atoms with van der Waals surface area (Å²) in [4.78, 5) is 4.34. The molecule has 1 N–H and O–H groups in total. The van der Waals surface area contributed by atoms with Gasteiger partial charge in [-0.1, -0.05) is 6.92 Å². The maximum Gasteiger partial charge on any atom is 0.211 e. The highest BCUT2D eigenvalue weighted by molar-refractivity contribution is 4.98. The van der Waals surface area contributed by atoms with Gasteiger partial charge in [0.25, 0.3) is 0 Å². The zero-order valence-corrected chi connectivity index (χ0v) is 11.4. The van der Waals surface area contributed by atoms with Gasteiger partial charge in [-0.15, -0.1) is 0 Å². The molecule has 1 aromatic rings. The van der Waals surface area contributed by atoms with Gasteiger partial charge in [-0.05, 0) is 39.2 Å². The van der Waals surface area contributed by atoms with Crippen LogP contribution in [0.15, 0.2) is 10.6 Å². The predicted octanol–water partition coefficient (Wildman–Crippen LogP) is 2.85. The Balaban J connectivity index is 1.77. The molecule has 18 heavy (non-hydrogen) atoms. The number of aryl methyl sites for hydroxylation is 1. The molecule has 102 valence electrons. The third kappa shape index (κ3) is 3.82. The quantitative estimate of drug-likeness (QED) is 0.810. The molecule has 0 radical (unpaired) electrons. The van der Waals surface area contributed by atoms with E-state index in [0.29, 0.717) is 6.10 Å². The fraction of sp³-hybridized carbons (Fsp3) is 0.786. The molecule has 0 spiro atoms. The Bertz CT molecular complexity index is 345. The Morgan fingerprint density at radius 2 is 2.44 bits per heavy atom. The maximum atomic E-state index is 5.77. The highest BCUT2D eigenvalue weighted by Gasteiger charge is 2.17. The fourth-order valence-corrected chi connectivity index (χ4v) is 2.26.